The first-order chi connectivity index (χ1) is 13.4. The molecule has 0 saturated heterocycles. The van der Waals surface area contributed by atoms with Crippen molar-refractivity contribution in [1.29, 1.82) is 0 Å². The second-order valence-electron chi connectivity index (χ2n) is 6.12. The van der Waals surface area contributed by atoms with Gasteiger partial charge in [-0.1, -0.05) is 42.5 Å². The molecule has 144 valence electrons. The molecule has 0 saturated carbocycles. The number of para-hydroxylation sites is 2. The highest BCUT2D eigenvalue weighted by Crippen LogP contribution is 2.24. The molecule has 1 amide bonds. The van der Waals surface area contributed by atoms with Crippen molar-refractivity contribution in [2.75, 3.05) is 16.6 Å². The summed E-state index contributed by atoms with van der Waals surface area (Å²) >= 11 is 0. The van der Waals surface area contributed by atoms with Crippen LogP contribution in [0.1, 0.15) is 5.56 Å². The first-order valence-corrected chi connectivity index (χ1v) is 10.1. The summed E-state index contributed by atoms with van der Waals surface area (Å²) in [5, 5.41) is 2.68. The number of carbonyl (C=O) groups excluding carboxylic acids is 1. The summed E-state index contributed by atoms with van der Waals surface area (Å²) in [6, 6.07) is 22.0. The van der Waals surface area contributed by atoms with Crippen LogP contribution in [0.15, 0.2) is 83.8 Å². The molecule has 3 aromatic carbocycles. The van der Waals surface area contributed by atoms with E-state index in [1.807, 2.05) is 25.1 Å². The number of amides is 1. The number of benzene rings is 3. The molecule has 0 fully saturated rings. The Morgan fingerprint density at radius 1 is 0.893 bits per heavy atom. The van der Waals surface area contributed by atoms with E-state index >= 15 is 0 Å². The standard InChI is InChI=1S/C21H20N2O4S/c1-16-8-7-9-17(14-16)27-15-21(24)22-19-12-5-6-13-20(19)23-28(25,26)18-10-3-2-4-11-18/h2-14,23H,15H2,1H3,(H,22,24). The lowest BCUT2D eigenvalue weighted by molar-refractivity contribution is -0.118. The maximum atomic E-state index is 12.5. The zero-order valence-electron chi connectivity index (χ0n) is 15.3. The Bertz CT molecular complexity index is 1070. The van der Waals surface area contributed by atoms with Gasteiger partial charge in [0.2, 0.25) is 0 Å². The van der Waals surface area contributed by atoms with E-state index < -0.39 is 15.9 Å². The summed E-state index contributed by atoms with van der Waals surface area (Å²) in [4.78, 5) is 12.4. The third kappa shape index (κ3) is 5.11. The van der Waals surface area contributed by atoms with Gasteiger partial charge in [-0.15, -0.1) is 0 Å². The molecule has 28 heavy (non-hydrogen) atoms. The van der Waals surface area contributed by atoms with Gasteiger partial charge in [-0.2, -0.15) is 0 Å². The molecule has 6 nitrogen and oxygen atoms in total. The highest BCUT2D eigenvalue weighted by molar-refractivity contribution is 7.92. The highest BCUT2D eigenvalue weighted by Gasteiger charge is 2.16. The average Bonchev–Trinajstić information content (AvgIpc) is 2.68. The Morgan fingerprint density at radius 2 is 1.57 bits per heavy atom. The highest BCUT2D eigenvalue weighted by atomic mass is 32.2. The molecule has 0 radical (unpaired) electrons. The Morgan fingerprint density at radius 3 is 2.29 bits per heavy atom. The van der Waals surface area contributed by atoms with Crippen LogP contribution in [0.4, 0.5) is 11.4 Å². The number of rotatable bonds is 7. The first kappa shape index (κ1) is 19.4. The van der Waals surface area contributed by atoms with Gasteiger partial charge in [0.05, 0.1) is 16.3 Å². The molecule has 0 atom stereocenters. The summed E-state index contributed by atoms with van der Waals surface area (Å²) in [5.74, 6) is 0.195. The molecular formula is C21H20N2O4S. The molecule has 0 unspecified atom stereocenters. The van der Waals surface area contributed by atoms with Crippen LogP contribution >= 0.6 is 0 Å². The Kier molecular flexibility index (Phi) is 5.96. The summed E-state index contributed by atoms with van der Waals surface area (Å²) in [6.45, 7) is 1.74. The van der Waals surface area contributed by atoms with E-state index in [4.69, 9.17) is 4.74 Å². The lowest BCUT2D eigenvalue weighted by Gasteiger charge is -2.14. The summed E-state index contributed by atoms with van der Waals surface area (Å²) in [7, 11) is -3.76. The first-order valence-electron chi connectivity index (χ1n) is 8.60. The van der Waals surface area contributed by atoms with Crippen molar-refractivity contribution in [2.45, 2.75) is 11.8 Å². The number of hydrogen-bond acceptors (Lipinski definition) is 4. The molecule has 0 aliphatic carbocycles. The number of anilines is 2. The quantitative estimate of drug-likeness (QED) is 0.636. The van der Waals surface area contributed by atoms with Gasteiger partial charge in [-0.25, -0.2) is 8.42 Å². The molecule has 2 N–H and O–H groups in total. The Labute approximate surface area is 164 Å². The molecule has 0 aliphatic heterocycles. The number of hydrogen-bond donors (Lipinski definition) is 2. The minimum atomic E-state index is -3.76. The van der Waals surface area contributed by atoms with Crippen LogP contribution in [-0.2, 0) is 14.8 Å². The van der Waals surface area contributed by atoms with Crippen LogP contribution in [0.5, 0.6) is 5.75 Å². The fourth-order valence-corrected chi connectivity index (χ4v) is 3.63. The predicted molar refractivity (Wildman–Crippen MR) is 109 cm³/mol. The fourth-order valence-electron chi connectivity index (χ4n) is 2.52. The predicted octanol–water partition coefficient (Wildman–Crippen LogP) is 3.81. The molecule has 0 aromatic heterocycles. The molecule has 3 rings (SSSR count). The molecule has 7 heteroatoms. The van der Waals surface area contributed by atoms with Crippen molar-refractivity contribution in [1.82, 2.24) is 0 Å². The minimum absolute atomic E-state index is 0.138. The van der Waals surface area contributed by atoms with E-state index in [2.05, 4.69) is 10.0 Å². The fraction of sp³-hybridized carbons (Fsp3) is 0.0952. The van der Waals surface area contributed by atoms with Gasteiger partial charge < -0.3 is 10.1 Å². The summed E-state index contributed by atoms with van der Waals surface area (Å²) in [6.07, 6.45) is 0. The third-order valence-corrected chi connectivity index (χ3v) is 5.24. The molecule has 0 bridgehead atoms. The monoisotopic (exact) mass is 396 g/mol. The van der Waals surface area contributed by atoms with E-state index in [0.717, 1.165) is 5.56 Å². The van der Waals surface area contributed by atoms with Gasteiger partial charge in [-0.05, 0) is 48.9 Å². The van der Waals surface area contributed by atoms with Crippen molar-refractivity contribution < 1.29 is 17.9 Å². The molecule has 3 aromatic rings. The van der Waals surface area contributed by atoms with Crippen LogP contribution in [0.25, 0.3) is 0 Å². The van der Waals surface area contributed by atoms with E-state index in [1.54, 1.807) is 48.5 Å². The number of aryl methyl sites for hydroxylation is 1. The maximum absolute atomic E-state index is 12.5. The smallest absolute Gasteiger partial charge is 0.262 e. The topological polar surface area (TPSA) is 84.5 Å². The number of nitrogens with one attached hydrogen (secondary N) is 2. The lowest BCUT2D eigenvalue weighted by atomic mass is 10.2. The maximum Gasteiger partial charge on any atom is 0.262 e. The zero-order valence-corrected chi connectivity index (χ0v) is 16.1. The molecular weight excluding hydrogens is 376 g/mol. The van der Waals surface area contributed by atoms with Gasteiger partial charge in [0.25, 0.3) is 15.9 Å². The number of sulfonamides is 1. The van der Waals surface area contributed by atoms with Crippen molar-refractivity contribution in [2.24, 2.45) is 0 Å². The van der Waals surface area contributed by atoms with Gasteiger partial charge in [0.15, 0.2) is 6.61 Å². The van der Waals surface area contributed by atoms with E-state index in [9.17, 15) is 13.2 Å². The average molecular weight is 396 g/mol. The summed E-state index contributed by atoms with van der Waals surface area (Å²) in [5.41, 5.74) is 1.65. The molecule has 0 aliphatic rings. The molecule has 0 heterocycles. The van der Waals surface area contributed by atoms with Crippen LogP contribution < -0.4 is 14.8 Å². The second-order valence-corrected chi connectivity index (χ2v) is 7.80. The van der Waals surface area contributed by atoms with Crippen LogP contribution in [0, 0.1) is 6.92 Å². The largest absolute Gasteiger partial charge is 0.484 e. The van der Waals surface area contributed by atoms with E-state index in [1.165, 1.54) is 12.1 Å². The van der Waals surface area contributed by atoms with Crippen molar-refractivity contribution in [3.05, 3.63) is 84.4 Å². The van der Waals surface area contributed by atoms with Crippen molar-refractivity contribution in [3.8, 4) is 5.75 Å². The van der Waals surface area contributed by atoms with Crippen LogP contribution in [-0.4, -0.2) is 20.9 Å². The van der Waals surface area contributed by atoms with Gasteiger partial charge >= 0.3 is 0 Å². The van der Waals surface area contributed by atoms with Gasteiger partial charge in [0, 0.05) is 0 Å². The van der Waals surface area contributed by atoms with Crippen molar-refractivity contribution >= 4 is 27.3 Å². The van der Waals surface area contributed by atoms with Crippen molar-refractivity contribution in [3.63, 3.8) is 0 Å². The normalized spacial score (nSPS) is 10.9. The van der Waals surface area contributed by atoms with Gasteiger partial charge in [0.1, 0.15) is 5.75 Å². The number of ether oxygens (including phenoxy) is 1. The minimum Gasteiger partial charge on any atom is -0.484 e. The second kappa shape index (κ2) is 8.58. The lowest BCUT2D eigenvalue weighted by Crippen LogP contribution is -2.21. The summed E-state index contributed by atoms with van der Waals surface area (Å²) < 4.78 is 33.1. The zero-order chi connectivity index (χ0) is 20.0. The van der Waals surface area contributed by atoms with E-state index in [0.29, 0.717) is 11.4 Å². The Hall–Kier alpha value is -3.32. The third-order valence-electron chi connectivity index (χ3n) is 3.86. The molecule has 0 spiro atoms. The van der Waals surface area contributed by atoms with Crippen LogP contribution in [0.3, 0.4) is 0 Å². The van der Waals surface area contributed by atoms with Gasteiger partial charge in [-0.3, -0.25) is 9.52 Å². The van der Waals surface area contributed by atoms with E-state index in [-0.39, 0.29) is 17.2 Å². The van der Waals surface area contributed by atoms with Crippen LogP contribution in [0.2, 0.25) is 0 Å². The SMILES string of the molecule is Cc1cccc(OCC(=O)Nc2ccccc2NS(=O)(=O)c2ccccc2)c1. The Balaban J connectivity index is 1.69. The number of carbonyl (C=O) groups is 1.